The van der Waals surface area contributed by atoms with Gasteiger partial charge in [0, 0.05) is 18.8 Å². The first-order valence-corrected chi connectivity index (χ1v) is 10.9. The minimum absolute atomic E-state index is 0.107. The molecule has 2 aromatic rings. The number of benzene rings is 2. The second-order valence-corrected chi connectivity index (χ2v) is 9.23. The number of aryl methyl sites for hydroxylation is 2. The zero-order chi connectivity index (χ0) is 20.5. The second kappa shape index (κ2) is 7.83. The van der Waals surface area contributed by atoms with Crippen molar-refractivity contribution in [3.8, 4) is 0 Å². The summed E-state index contributed by atoms with van der Waals surface area (Å²) < 4.78 is 28.1. The molecule has 3 rings (SSSR count). The van der Waals surface area contributed by atoms with Gasteiger partial charge in [-0.15, -0.1) is 0 Å². The van der Waals surface area contributed by atoms with E-state index in [0.29, 0.717) is 17.2 Å². The maximum atomic E-state index is 12.8. The summed E-state index contributed by atoms with van der Waals surface area (Å²) in [5.74, 6) is -0.436. The van der Waals surface area contributed by atoms with E-state index in [1.807, 2.05) is 13.0 Å². The Hall–Kier alpha value is -2.54. The van der Waals surface area contributed by atoms with E-state index in [-0.39, 0.29) is 16.1 Å². The van der Waals surface area contributed by atoms with Gasteiger partial charge in [0.25, 0.3) is 10.0 Å². The molecule has 0 saturated carbocycles. The lowest BCUT2D eigenvalue weighted by molar-refractivity contribution is 0.0697. The van der Waals surface area contributed by atoms with Crippen molar-refractivity contribution in [2.45, 2.75) is 38.5 Å². The van der Waals surface area contributed by atoms with Gasteiger partial charge in [0.1, 0.15) is 0 Å². The molecule has 0 amide bonds. The Morgan fingerprint density at radius 1 is 1.11 bits per heavy atom. The number of aromatic carboxylic acids is 1. The lowest BCUT2D eigenvalue weighted by atomic mass is 9.98. The van der Waals surface area contributed by atoms with Gasteiger partial charge in [-0.25, -0.2) is 13.2 Å². The van der Waals surface area contributed by atoms with Gasteiger partial charge in [-0.3, -0.25) is 4.72 Å². The van der Waals surface area contributed by atoms with Crippen LogP contribution in [0.4, 0.5) is 11.4 Å². The fourth-order valence-corrected chi connectivity index (χ4v) is 4.88. The lowest BCUT2D eigenvalue weighted by Gasteiger charge is -2.33. The molecule has 1 aliphatic rings. The predicted octanol–water partition coefficient (Wildman–Crippen LogP) is 4.04. The normalized spacial score (nSPS) is 15.5. The molecule has 1 heterocycles. The molecule has 0 unspecified atom stereocenters. The van der Waals surface area contributed by atoms with Gasteiger partial charge in [-0.05, 0) is 68.0 Å². The molecule has 7 heteroatoms. The van der Waals surface area contributed by atoms with Crippen molar-refractivity contribution in [2.24, 2.45) is 5.92 Å². The van der Waals surface area contributed by atoms with Crippen molar-refractivity contribution in [2.75, 3.05) is 22.7 Å². The highest BCUT2D eigenvalue weighted by atomic mass is 32.2. The van der Waals surface area contributed by atoms with Crippen molar-refractivity contribution in [3.63, 3.8) is 0 Å². The van der Waals surface area contributed by atoms with Crippen LogP contribution < -0.4 is 9.62 Å². The van der Waals surface area contributed by atoms with Crippen LogP contribution in [-0.4, -0.2) is 32.6 Å². The Morgan fingerprint density at radius 2 is 1.79 bits per heavy atom. The Labute approximate surface area is 166 Å². The number of carbonyl (C=O) groups is 1. The summed E-state index contributed by atoms with van der Waals surface area (Å²) in [7, 11) is -3.81. The number of hydrogen-bond donors (Lipinski definition) is 2. The molecule has 0 spiro atoms. The zero-order valence-electron chi connectivity index (χ0n) is 16.4. The van der Waals surface area contributed by atoms with E-state index in [1.54, 1.807) is 31.2 Å². The Kier molecular flexibility index (Phi) is 5.65. The van der Waals surface area contributed by atoms with Crippen molar-refractivity contribution in [1.29, 1.82) is 0 Å². The quantitative estimate of drug-likeness (QED) is 0.788. The molecular weight excluding hydrogens is 376 g/mol. The molecule has 0 radical (unpaired) electrons. The van der Waals surface area contributed by atoms with Gasteiger partial charge in [0.2, 0.25) is 0 Å². The molecule has 0 aromatic heterocycles. The summed E-state index contributed by atoms with van der Waals surface area (Å²) in [4.78, 5) is 14.1. The van der Waals surface area contributed by atoms with E-state index >= 15 is 0 Å². The summed E-state index contributed by atoms with van der Waals surface area (Å²) in [5, 5.41) is 9.66. The van der Waals surface area contributed by atoms with Crippen LogP contribution in [0, 0.1) is 19.8 Å². The predicted molar refractivity (Wildman–Crippen MR) is 111 cm³/mol. The van der Waals surface area contributed by atoms with Gasteiger partial charge >= 0.3 is 5.97 Å². The Balaban J connectivity index is 1.92. The second-order valence-electron chi connectivity index (χ2n) is 7.58. The molecule has 2 aromatic carbocycles. The van der Waals surface area contributed by atoms with Crippen LogP contribution in [0.3, 0.4) is 0 Å². The third-order valence-electron chi connectivity index (χ3n) is 5.24. The molecule has 0 bridgehead atoms. The number of nitrogens with one attached hydrogen (secondary N) is 1. The number of hydrogen-bond acceptors (Lipinski definition) is 4. The minimum atomic E-state index is -3.81. The molecule has 6 nitrogen and oxygen atoms in total. The van der Waals surface area contributed by atoms with Crippen LogP contribution in [0.5, 0.6) is 0 Å². The Morgan fingerprint density at radius 3 is 2.43 bits per heavy atom. The zero-order valence-corrected chi connectivity index (χ0v) is 17.2. The number of anilines is 2. The van der Waals surface area contributed by atoms with E-state index in [1.165, 1.54) is 6.07 Å². The maximum Gasteiger partial charge on any atom is 0.337 e. The number of carboxylic acids is 1. The maximum absolute atomic E-state index is 12.8. The van der Waals surface area contributed by atoms with Crippen molar-refractivity contribution >= 4 is 27.4 Å². The van der Waals surface area contributed by atoms with Crippen LogP contribution >= 0.6 is 0 Å². The first-order valence-electron chi connectivity index (χ1n) is 9.40. The molecule has 0 atom stereocenters. The van der Waals surface area contributed by atoms with Gasteiger partial charge in [0.15, 0.2) is 0 Å². The molecule has 150 valence electrons. The van der Waals surface area contributed by atoms with Crippen LogP contribution in [-0.2, 0) is 10.0 Å². The number of sulfonamides is 1. The van der Waals surface area contributed by atoms with E-state index < -0.39 is 16.0 Å². The molecule has 1 fully saturated rings. The van der Waals surface area contributed by atoms with Crippen LogP contribution in [0.2, 0.25) is 0 Å². The van der Waals surface area contributed by atoms with Crippen molar-refractivity contribution < 1.29 is 18.3 Å². The van der Waals surface area contributed by atoms with Gasteiger partial charge < -0.3 is 10.0 Å². The van der Waals surface area contributed by atoms with Gasteiger partial charge in [-0.2, -0.15) is 0 Å². The first-order chi connectivity index (χ1) is 13.2. The molecule has 1 saturated heterocycles. The van der Waals surface area contributed by atoms with Crippen molar-refractivity contribution in [3.05, 3.63) is 53.1 Å². The summed E-state index contributed by atoms with van der Waals surface area (Å²) in [6, 6.07) is 9.94. The van der Waals surface area contributed by atoms with E-state index in [4.69, 9.17) is 0 Å². The van der Waals surface area contributed by atoms with Crippen LogP contribution in [0.15, 0.2) is 41.3 Å². The third kappa shape index (κ3) is 4.30. The molecule has 2 N–H and O–H groups in total. The summed E-state index contributed by atoms with van der Waals surface area (Å²) in [6.45, 7) is 7.36. The number of piperidine rings is 1. The van der Waals surface area contributed by atoms with Crippen LogP contribution in [0.1, 0.15) is 41.3 Å². The molecular formula is C21H26N2O4S. The number of rotatable bonds is 5. The molecule has 0 aliphatic carbocycles. The highest BCUT2D eigenvalue weighted by Gasteiger charge is 2.23. The van der Waals surface area contributed by atoms with Crippen LogP contribution in [0.25, 0.3) is 0 Å². The van der Waals surface area contributed by atoms with E-state index in [2.05, 4.69) is 16.5 Å². The minimum Gasteiger partial charge on any atom is -0.478 e. The highest BCUT2D eigenvalue weighted by molar-refractivity contribution is 7.92. The van der Waals surface area contributed by atoms with Gasteiger partial charge in [-0.1, -0.05) is 19.1 Å². The average Bonchev–Trinajstić information content (AvgIpc) is 2.64. The third-order valence-corrected chi connectivity index (χ3v) is 6.76. The van der Waals surface area contributed by atoms with E-state index in [0.717, 1.165) is 31.5 Å². The monoisotopic (exact) mass is 402 g/mol. The topological polar surface area (TPSA) is 86.7 Å². The Bertz CT molecular complexity index is 993. The van der Waals surface area contributed by atoms with Gasteiger partial charge in [0.05, 0.1) is 16.1 Å². The summed E-state index contributed by atoms with van der Waals surface area (Å²) in [6.07, 6.45) is 2.03. The first kappa shape index (κ1) is 20.2. The molecule has 28 heavy (non-hydrogen) atoms. The summed E-state index contributed by atoms with van der Waals surface area (Å²) >= 11 is 0. The standard InChI is InChI=1S/C21H26N2O4S/c1-14-8-10-23(11-9-14)19-7-6-17(13-18(19)21(24)25)22-28(26,27)20-12-15(2)4-5-16(20)3/h4-7,12-14,22H,8-11H2,1-3H3,(H,24,25). The fourth-order valence-electron chi connectivity index (χ4n) is 3.50. The smallest absolute Gasteiger partial charge is 0.337 e. The molecule has 1 aliphatic heterocycles. The summed E-state index contributed by atoms with van der Waals surface area (Å²) in [5.41, 5.74) is 2.46. The average molecular weight is 403 g/mol. The fraction of sp³-hybridized carbons (Fsp3) is 0.381. The SMILES string of the molecule is Cc1ccc(C)c(S(=O)(=O)Nc2ccc(N3CCC(C)CC3)c(C(=O)O)c2)c1. The van der Waals surface area contributed by atoms with E-state index in [9.17, 15) is 18.3 Å². The lowest BCUT2D eigenvalue weighted by Crippen LogP contribution is -2.33. The number of carboxylic acid groups (broad SMARTS) is 1. The highest BCUT2D eigenvalue weighted by Crippen LogP contribution is 2.30. The van der Waals surface area contributed by atoms with Crippen molar-refractivity contribution in [1.82, 2.24) is 0 Å². The number of nitrogens with zero attached hydrogens (tertiary/aromatic N) is 1. The largest absolute Gasteiger partial charge is 0.478 e.